The molecule has 0 atom stereocenters. The Kier molecular flexibility index (Phi) is 9.46. The van der Waals surface area contributed by atoms with E-state index in [1.807, 2.05) is 23.9 Å². The summed E-state index contributed by atoms with van der Waals surface area (Å²) >= 11 is 12.3. The molecule has 0 amide bonds. The molecule has 6 nitrogen and oxygen atoms in total. The zero-order chi connectivity index (χ0) is 23.0. The van der Waals surface area contributed by atoms with Crippen LogP contribution in [0.4, 0.5) is 13.2 Å². The number of carboxylic acid groups (broad SMARTS) is 1. The Labute approximate surface area is 188 Å². The van der Waals surface area contributed by atoms with Crippen molar-refractivity contribution in [1.29, 1.82) is 0 Å². The van der Waals surface area contributed by atoms with Crippen LogP contribution >= 0.6 is 23.2 Å². The number of carbonyl (C=O) groups is 1. The standard InChI is InChI=1S/C18H23Cl2N3O.C2HF3O2/c1-21-10-16-9-18(23(22-16)11-13-4-2-3-5-13)24-12-14-8-15(19)6-7-17(14)20;3-2(4,5)1(6)7/h6-9,13,21H,2-5,10-12H2,1H3;(H,6,7). The van der Waals surface area contributed by atoms with Gasteiger partial charge in [0.05, 0.1) is 5.69 Å². The number of halogens is 5. The second-order valence-corrected chi connectivity index (χ2v) is 8.01. The summed E-state index contributed by atoms with van der Waals surface area (Å²) in [6.45, 7) is 2.03. The van der Waals surface area contributed by atoms with Crippen LogP contribution in [0.15, 0.2) is 24.3 Å². The van der Waals surface area contributed by atoms with Gasteiger partial charge < -0.3 is 15.2 Å². The molecule has 1 fully saturated rings. The maximum absolute atomic E-state index is 10.6. The molecule has 1 saturated carbocycles. The number of nitrogens with zero attached hydrogens (tertiary/aromatic N) is 2. The molecule has 0 bridgehead atoms. The van der Waals surface area contributed by atoms with Crippen LogP contribution in [0, 0.1) is 5.92 Å². The van der Waals surface area contributed by atoms with Gasteiger partial charge in [-0.25, -0.2) is 9.48 Å². The minimum atomic E-state index is -5.08. The third-order valence-electron chi connectivity index (χ3n) is 4.68. The summed E-state index contributed by atoms with van der Waals surface area (Å²) in [4.78, 5) is 8.90. The monoisotopic (exact) mass is 481 g/mol. The maximum atomic E-state index is 10.6. The van der Waals surface area contributed by atoms with E-state index >= 15 is 0 Å². The van der Waals surface area contributed by atoms with Gasteiger partial charge >= 0.3 is 12.1 Å². The summed E-state index contributed by atoms with van der Waals surface area (Å²) in [6, 6.07) is 7.42. The van der Waals surface area contributed by atoms with E-state index in [4.69, 9.17) is 37.8 Å². The lowest BCUT2D eigenvalue weighted by Crippen LogP contribution is -2.21. The first-order valence-corrected chi connectivity index (χ1v) is 10.4. The predicted octanol–water partition coefficient (Wildman–Crippen LogP) is 5.31. The number of carboxylic acids is 1. The Bertz CT molecular complexity index is 869. The predicted molar refractivity (Wildman–Crippen MR) is 111 cm³/mol. The third-order valence-corrected chi connectivity index (χ3v) is 5.29. The fraction of sp³-hybridized carbons (Fsp3) is 0.500. The summed E-state index contributed by atoms with van der Waals surface area (Å²) in [7, 11) is 1.92. The minimum Gasteiger partial charge on any atom is -0.475 e. The third kappa shape index (κ3) is 8.23. The number of aromatic nitrogens is 2. The quantitative estimate of drug-likeness (QED) is 0.560. The van der Waals surface area contributed by atoms with E-state index in [0.717, 1.165) is 30.2 Å². The van der Waals surface area contributed by atoms with Gasteiger partial charge in [-0.05, 0) is 44.0 Å². The molecule has 0 spiro atoms. The summed E-state index contributed by atoms with van der Waals surface area (Å²) in [6.07, 6.45) is 0.120. The fourth-order valence-electron chi connectivity index (χ4n) is 3.21. The highest BCUT2D eigenvalue weighted by Crippen LogP contribution is 2.29. The number of rotatable bonds is 7. The van der Waals surface area contributed by atoms with E-state index in [1.54, 1.807) is 12.1 Å². The average molecular weight is 482 g/mol. The van der Waals surface area contributed by atoms with Gasteiger partial charge in [0.25, 0.3) is 0 Å². The van der Waals surface area contributed by atoms with Crippen molar-refractivity contribution in [2.75, 3.05) is 7.05 Å². The maximum Gasteiger partial charge on any atom is 0.490 e. The van der Waals surface area contributed by atoms with Crippen LogP contribution in [0.3, 0.4) is 0 Å². The zero-order valence-corrected chi connectivity index (χ0v) is 18.4. The van der Waals surface area contributed by atoms with Gasteiger partial charge in [-0.2, -0.15) is 18.3 Å². The molecule has 1 aliphatic rings. The fourth-order valence-corrected chi connectivity index (χ4v) is 3.57. The largest absolute Gasteiger partial charge is 0.490 e. The Morgan fingerprint density at radius 2 is 1.94 bits per heavy atom. The van der Waals surface area contributed by atoms with Crippen LogP contribution in [0.5, 0.6) is 5.88 Å². The molecule has 1 aromatic heterocycles. The van der Waals surface area contributed by atoms with E-state index in [0.29, 0.717) is 22.6 Å². The molecule has 0 radical (unpaired) electrons. The Morgan fingerprint density at radius 1 is 1.29 bits per heavy atom. The van der Waals surface area contributed by atoms with Gasteiger partial charge in [0.15, 0.2) is 0 Å². The number of hydrogen-bond donors (Lipinski definition) is 2. The highest BCUT2D eigenvalue weighted by molar-refractivity contribution is 6.33. The van der Waals surface area contributed by atoms with Gasteiger partial charge in [0.1, 0.15) is 6.61 Å². The normalized spacial score (nSPS) is 14.3. The number of nitrogens with one attached hydrogen (secondary N) is 1. The molecule has 31 heavy (non-hydrogen) atoms. The molecular weight excluding hydrogens is 458 g/mol. The van der Waals surface area contributed by atoms with Crippen LogP contribution in [0.25, 0.3) is 0 Å². The molecule has 2 N–H and O–H groups in total. The SMILES string of the molecule is CNCc1cc(OCc2cc(Cl)ccc2Cl)n(CC2CCCC2)n1.O=C(O)C(F)(F)F. The molecule has 1 heterocycles. The van der Waals surface area contributed by atoms with E-state index in [1.165, 1.54) is 25.7 Å². The lowest BCUT2D eigenvalue weighted by molar-refractivity contribution is -0.192. The first-order chi connectivity index (χ1) is 14.6. The molecular formula is C20H24Cl2F3N3O3. The molecule has 3 rings (SSSR count). The van der Waals surface area contributed by atoms with Gasteiger partial charge in [0.2, 0.25) is 5.88 Å². The summed E-state index contributed by atoms with van der Waals surface area (Å²) in [5, 5.41) is 16.3. The highest BCUT2D eigenvalue weighted by Gasteiger charge is 2.38. The smallest absolute Gasteiger partial charge is 0.475 e. The number of hydrogen-bond acceptors (Lipinski definition) is 4. The van der Waals surface area contributed by atoms with Crippen LogP contribution in [-0.2, 0) is 24.5 Å². The van der Waals surface area contributed by atoms with E-state index in [9.17, 15) is 13.2 Å². The van der Waals surface area contributed by atoms with Crippen LogP contribution in [0.1, 0.15) is 36.9 Å². The summed E-state index contributed by atoms with van der Waals surface area (Å²) in [5.41, 5.74) is 1.87. The van der Waals surface area contributed by atoms with E-state index in [2.05, 4.69) is 10.4 Å². The Balaban J connectivity index is 0.000000423. The number of ether oxygens (including phenoxy) is 1. The molecule has 172 valence electrons. The zero-order valence-electron chi connectivity index (χ0n) is 16.9. The minimum absolute atomic E-state index is 0.384. The van der Waals surface area contributed by atoms with Crippen molar-refractivity contribution in [2.24, 2.45) is 5.92 Å². The van der Waals surface area contributed by atoms with Crippen molar-refractivity contribution in [3.8, 4) is 5.88 Å². The van der Waals surface area contributed by atoms with Crippen molar-refractivity contribution < 1.29 is 27.8 Å². The highest BCUT2D eigenvalue weighted by atomic mass is 35.5. The summed E-state index contributed by atoms with van der Waals surface area (Å²) in [5.74, 6) is -1.26. The molecule has 1 aromatic carbocycles. The van der Waals surface area contributed by atoms with Crippen LogP contribution in [-0.4, -0.2) is 34.1 Å². The second kappa shape index (κ2) is 11.6. The van der Waals surface area contributed by atoms with Crippen molar-refractivity contribution in [1.82, 2.24) is 15.1 Å². The van der Waals surface area contributed by atoms with Crippen LogP contribution in [0.2, 0.25) is 10.0 Å². The number of alkyl halides is 3. The second-order valence-electron chi connectivity index (χ2n) is 7.16. The van der Waals surface area contributed by atoms with Gasteiger partial charge in [-0.3, -0.25) is 0 Å². The topological polar surface area (TPSA) is 76.4 Å². The van der Waals surface area contributed by atoms with Crippen molar-refractivity contribution in [2.45, 2.75) is 51.6 Å². The van der Waals surface area contributed by atoms with E-state index in [-0.39, 0.29) is 0 Å². The molecule has 0 unspecified atom stereocenters. The number of aliphatic carboxylic acids is 1. The lowest BCUT2D eigenvalue weighted by atomic mass is 10.1. The molecule has 2 aromatic rings. The Hall–Kier alpha value is -1.97. The van der Waals surface area contributed by atoms with Crippen molar-refractivity contribution >= 4 is 29.2 Å². The molecule has 11 heteroatoms. The lowest BCUT2D eigenvalue weighted by Gasteiger charge is -2.13. The number of benzene rings is 1. The van der Waals surface area contributed by atoms with Gasteiger partial charge in [-0.15, -0.1) is 0 Å². The van der Waals surface area contributed by atoms with Crippen molar-refractivity contribution in [3.63, 3.8) is 0 Å². The van der Waals surface area contributed by atoms with E-state index < -0.39 is 12.1 Å². The van der Waals surface area contributed by atoms with Crippen LogP contribution < -0.4 is 10.1 Å². The van der Waals surface area contributed by atoms with Gasteiger partial charge in [0, 0.05) is 34.8 Å². The summed E-state index contributed by atoms with van der Waals surface area (Å²) < 4.78 is 39.8. The molecule has 0 saturated heterocycles. The first kappa shape index (κ1) is 25.3. The molecule has 1 aliphatic carbocycles. The average Bonchev–Trinajstić information content (AvgIpc) is 3.33. The molecule has 0 aliphatic heterocycles. The van der Waals surface area contributed by atoms with Gasteiger partial charge in [-0.1, -0.05) is 36.0 Å². The first-order valence-electron chi connectivity index (χ1n) is 9.68. The van der Waals surface area contributed by atoms with Crippen molar-refractivity contribution in [3.05, 3.63) is 45.6 Å². The Morgan fingerprint density at radius 3 is 2.52 bits per heavy atom.